The van der Waals surface area contributed by atoms with Crippen LogP contribution in [0.5, 0.6) is 0 Å². The van der Waals surface area contributed by atoms with Crippen LogP contribution in [-0.2, 0) is 9.59 Å². The number of thioether (sulfide) groups is 1. The second-order valence-corrected chi connectivity index (χ2v) is 6.48. The molecule has 0 radical (unpaired) electrons. The molecule has 1 aliphatic heterocycles. The second-order valence-electron chi connectivity index (χ2n) is 4.37. The lowest BCUT2D eigenvalue weighted by Gasteiger charge is -2.21. The number of carboxylic acid groups (broad SMARTS) is 1. The van der Waals surface area contributed by atoms with Crippen LogP contribution in [-0.4, -0.2) is 32.2 Å². The molecule has 2 rings (SSSR count). The van der Waals surface area contributed by atoms with E-state index in [4.69, 9.17) is 23.8 Å². The van der Waals surface area contributed by atoms with E-state index in [0.717, 1.165) is 17.3 Å². The van der Waals surface area contributed by atoms with Gasteiger partial charge in [0, 0.05) is 5.02 Å². The van der Waals surface area contributed by atoms with Crippen molar-refractivity contribution in [2.24, 2.45) is 0 Å². The number of carbonyl (C=O) groups is 2. The lowest BCUT2D eigenvalue weighted by atomic mass is 10.2. The third kappa shape index (κ3) is 3.45. The summed E-state index contributed by atoms with van der Waals surface area (Å²) in [5.74, 6) is -1.42. The zero-order chi connectivity index (χ0) is 15.6. The summed E-state index contributed by atoms with van der Waals surface area (Å²) in [6.07, 6.45) is 1.99. The number of carbonyl (C=O) groups excluding carboxylic acids is 1. The molecule has 0 spiro atoms. The Morgan fingerprint density at radius 2 is 2.10 bits per heavy atom. The number of hydrogen-bond acceptors (Lipinski definition) is 4. The highest BCUT2D eigenvalue weighted by molar-refractivity contribution is 8.26. The van der Waals surface area contributed by atoms with Gasteiger partial charge in [0.15, 0.2) is 0 Å². The van der Waals surface area contributed by atoms with Gasteiger partial charge in [0.1, 0.15) is 10.4 Å². The standard InChI is InChI=1S/C14H12ClNO3S2/c1-2-10(13(18)19)16-12(17)11(21-14(16)20)7-8-3-5-9(15)6-4-8/h3-7,10H,2H2,1H3,(H,18,19)/b11-7-. The number of halogens is 1. The van der Waals surface area contributed by atoms with Gasteiger partial charge in [-0.2, -0.15) is 0 Å². The van der Waals surface area contributed by atoms with E-state index >= 15 is 0 Å². The molecule has 1 aliphatic rings. The molecule has 1 N–H and O–H groups in total. The van der Waals surface area contributed by atoms with E-state index < -0.39 is 12.0 Å². The number of carboxylic acids is 1. The number of aliphatic carboxylic acids is 1. The predicted molar refractivity (Wildman–Crippen MR) is 88.2 cm³/mol. The number of nitrogens with zero attached hydrogens (tertiary/aromatic N) is 1. The first-order valence-electron chi connectivity index (χ1n) is 6.19. The van der Waals surface area contributed by atoms with Crippen molar-refractivity contribution in [3.05, 3.63) is 39.8 Å². The first-order valence-corrected chi connectivity index (χ1v) is 7.79. The Labute approximate surface area is 136 Å². The number of hydrogen-bond donors (Lipinski definition) is 1. The molecule has 1 fully saturated rings. The van der Waals surface area contributed by atoms with Crippen LogP contribution >= 0.6 is 35.6 Å². The second kappa shape index (κ2) is 6.60. The van der Waals surface area contributed by atoms with Crippen molar-refractivity contribution >= 4 is 57.9 Å². The molecule has 1 atom stereocenters. The topological polar surface area (TPSA) is 57.6 Å². The monoisotopic (exact) mass is 341 g/mol. The maximum atomic E-state index is 12.4. The van der Waals surface area contributed by atoms with E-state index in [1.54, 1.807) is 37.3 Å². The Hall–Kier alpha value is -1.37. The molecule has 1 unspecified atom stereocenters. The van der Waals surface area contributed by atoms with Crippen molar-refractivity contribution in [2.45, 2.75) is 19.4 Å². The molecule has 21 heavy (non-hydrogen) atoms. The van der Waals surface area contributed by atoms with Crippen LogP contribution in [0.2, 0.25) is 5.02 Å². The average molecular weight is 342 g/mol. The minimum Gasteiger partial charge on any atom is -0.480 e. The number of rotatable bonds is 4. The van der Waals surface area contributed by atoms with Crippen molar-refractivity contribution in [1.29, 1.82) is 0 Å². The third-order valence-corrected chi connectivity index (χ3v) is 4.56. The van der Waals surface area contributed by atoms with Crippen molar-refractivity contribution in [3.63, 3.8) is 0 Å². The zero-order valence-corrected chi connectivity index (χ0v) is 13.5. The summed E-state index contributed by atoms with van der Waals surface area (Å²) in [6.45, 7) is 1.71. The minimum atomic E-state index is -1.05. The van der Waals surface area contributed by atoms with Crippen LogP contribution in [0.4, 0.5) is 0 Å². The molecule has 1 amide bonds. The molecular weight excluding hydrogens is 330 g/mol. The largest absolute Gasteiger partial charge is 0.480 e. The van der Waals surface area contributed by atoms with Gasteiger partial charge in [-0.25, -0.2) is 4.79 Å². The van der Waals surface area contributed by atoms with Gasteiger partial charge in [-0.3, -0.25) is 9.69 Å². The van der Waals surface area contributed by atoms with Crippen LogP contribution in [0.1, 0.15) is 18.9 Å². The maximum absolute atomic E-state index is 12.4. The Morgan fingerprint density at radius 3 is 2.62 bits per heavy atom. The van der Waals surface area contributed by atoms with Crippen LogP contribution in [0.15, 0.2) is 29.2 Å². The van der Waals surface area contributed by atoms with Gasteiger partial charge in [-0.05, 0) is 30.2 Å². The Morgan fingerprint density at radius 1 is 1.48 bits per heavy atom. The van der Waals surface area contributed by atoms with Crippen molar-refractivity contribution in [3.8, 4) is 0 Å². The number of thiocarbonyl (C=S) groups is 1. The fraction of sp³-hybridized carbons (Fsp3) is 0.214. The quantitative estimate of drug-likeness (QED) is 0.672. The van der Waals surface area contributed by atoms with Crippen molar-refractivity contribution in [1.82, 2.24) is 4.90 Å². The molecule has 7 heteroatoms. The number of amides is 1. The van der Waals surface area contributed by atoms with Gasteiger partial charge >= 0.3 is 5.97 Å². The SMILES string of the molecule is CCC(C(=O)O)N1C(=O)/C(=C/c2ccc(Cl)cc2)SC1=S. The highest BCUT2D eigenvalue weighted by Gasteiger charge is 2.39. The first kappa shape index (κ1) is 16.0. The average Bonchev–Trinajstić information content (AvgIpc) is 2.70. The van der Waals surface area contributed by atoms with Crippen molar-refractivity contribution < 1.29 is 14.7 Å². The molecule has 0 aliphatic carbocycles. The molecule has 110 valence electrons. The van der Waals surface area contributed by atoms with Crippen LogP contribution in [0.25, 0.3) is 6.08 Å². The summed E-state index contributed by atoms with van der Waals surface area (Å²) >= 11 is 12.1. The zero-order valence-electron chi connectivity index (χ0n) is 11.1. The Kier molecular flexibility index (Phi) is 5.03. The Balaban J connectivity index is 2.29. The van der Waals surface area contributed by atoms with Gasteiger partial charge in [0.25, 0.3) is 5.91 Å². The van der Waals surface area contributed by atoms with Gasteiger partial charge in [0.2, 0.25) is 0 Å². The number of benzene rings is 1. The maximum Gasteiger partial charge on any atom is 0.326 e. The first-order chi connectivity index (χ1) is 9.93. The fourth-order valence-electron chi connectivity index (χ4n) is 1.93. The summed E-state index contributed by atoms with van der Waals surface area (Å²) in [5, 5.41) is 9.79. The van der Waals surface area contributed by atoms with Crippen LogP contribution < -0.4 is 0 Å². The molecular formula is C14H12ClNO3S2. The highest BCUT2D eigenvalue weighted by Crippen LogP contribution is 2.34. The van der Waals surface area contributed by atoms with Crippen LogP contribution in [0.3, 0.4) is 0 Å². The van der Waals surface area contributed by atoms with E-state index in [1.807, 2.05) is 0 Å². The van der Waals surface area contributed by atoms with Gasteiger partial charge < -0.3 is 5.11 Å². The minimum absolute atomic E-state index is 0.273. The smallest absolute Gasteiger partial charge is 0.326 e. The lowest BCUT2D eigenvalue weighted by molar-refractivity contribution is -0.145. The lowest BCUT2D eigenvalue weighted by Crippen LogP contribution is -2.43. The summed E-state index contributed by atoms with van der Waals surface area (Å²) in [5.41, 5.74) is 0.809. The van der Waals surface area contributed by atoms with Gasteiger partial charge in [-0.15, -0.1) is 0 Å². The van der Waals surface area contributed by atoms with E-state index in [-0.39, 0.29) is 10.2 Å². The molecule has 4 nitrogen and oxygen atoms in total. The molecule has 1 heterocycles. The summed E-state index contributed by atoms with van der Waals surface area (Å²) < 4.78 is 0.273. The fourth-order valence-corrected chi connectivity index (χ4v) is 3.41. The molecule has 0 saturated carbocycles. The summed E-state index contributed by atoms with van der Waals surface area (Å²) in [4.78, 5) is 25.2. The van der Waals surface area contributed by atoms with Crippen molar-refractivity contribution in [2.75, 3.05) is 0 Å². The Bertz CT molecular complexity index is 628. The predicted octanol–water partition coefficient (Wildman–Crippen LogP) is 3.40. The van der Waals surface area contributed by atoms with E-state index in [9.17, 15) is 14.7 Å². The van der Waals surface area contributed by atoms with E-state index in [2.05, 4.69) is 0 Å². The molecule has 0 bridgehead atoms. The van der Waals surface area contributed by atoms with Gasteiger partial charge in [0.05, 0.1) is 4.91 Å². The third-order valence-electron chi connectivity index (χ3n) is 2.97. The normalized spacial score (nSPS) is 18.4. The molecule has 1 aromatic carbocycles. The molecule has 1 aromatic rings. The van der Waals surface area contributed by atoms with Gasteiger partial charge in [-0.1, -0.05) is 54.6 Å². The van der Waals surface area contributed by atoms with E-state index in [1.165, 1.54) is 4.90 Å². The highest BCUT2D eigenvalue weighted by atomic mass is 35.5. The summed E-state index contributed by atoms with van der Waals surface area (Å²) in [6, 6.07) is 6.08. The van der Waals surface area contributed by atoms with Crippen LogP contribution in [0, 0.1) is 0 Å². The van der Waals surface area contributed by atoms with E-state index in [0.29, 0.717) is 16.3 Å². The molecule has 1 saturated heterocycles. The summed E-state index contributed by atoms with van der Waals surface area (Å²) in [7, 11) is 0. The molecule has 0 aromatic heterocycles.